The van der Waals surface area contributed by atoms with Crippen molar-refractivity contribution in [3.05, 3.63) is 46.8 Å². The van der Waals surface area contributed by atoms with Crippen LogP contribution in [0.3, 0.4) is 0 Å². The molecule has 0 bridgehead atoms. The Bertz CT molecular complexity index is 1630. The summed E-state index contributed by atoms with van der Waals surface area (Å²) in [6, 6.07) is 3.90. The van der Waals surface area contributed by atoms with Gasteiger partial charge in [-0.1, -0.05) is 18.0 Å². The minimum Gasteiger partial charge on any atom is -0.444 e. The van der Waals surface area contributed by atoms with Crippen LogP contribution in [0.4, 0.5) is 22.2 Å². The van der Waals surface area contributed by atoms with E-state index < -0.39 is 5.60 Å². The third kappa shape index (κ3) is 5.50. The quantitative estimate of drug-likeness (QED) is 0.361. The van der Waals surface area contributed by atoms with E-state index in [9.17, 15) is 9.59 Å². The molecule has 2 aliphatic rings. The predicted octanol–water partition coefficient (Wildman–Crippen LogP) is 4.46. The number of fused-ring (bicyclic) bond motifs is 1. The molecule has 6 rings (SSSR count). The maximum atomic E-state index is 13.8. The van der Waals surface area contributed by atoms with E-state index in [0.717, 1.165) is 36.8 Å². The van der Waals surface area contributed by atoms with E-state index in [0.29, 0.717) is 54.7 Å². The lowest BCUT2D eigenvalue weighted by Gasteiger charge is -2.36. The van der Waals surface area contributed by atoms with Crippen molar-refractivity contribution >= 4 is 34.6 Å². The van der Waals surface area contributed by atoms with Crippen LogP contribution in [-0.4, -0.2) is 72.4 Å². The number of piperazine rings is 1. The van der Waals surface area contributed by atoms with E-state index in [1.54, 1.807) is 21.9 Å². The van der Waals surface area contributed by atoms with Gasteiger partial charge in [0.1, 0.15) is 17.1 Å². The van der Waals surface area contributed by atoms with Gasteiger partial charge in [-0.3, -0.25) is 9.36 Å². The molecule has 13 heteroatoms. The molecule has 5 heterocycles. The van der Waals surface area contributed by atoms with Crippen molar-refractivity contribution < 1.29 is 14.1 Å². The highest BCUT2D eigenvalue weighted by Gasteiger charge is 2.28. The number of aryl methyl sites for hydroxylation is 1. The molecule has 220 valence electrons. The summed E-state index contributed by atoms with van der Waals surface area (Å²) in [5, 5.41) is 7.89. The Balaban J connectivity index is 1.21. The lowest BCUT2D eigenvalue weighted by Crippen LogP contribution is -2.50. The molecule has 0 aromatic carbocycles. The lowest BCUT2D eigenvalue weighted by molar-refractivity contribution is 0.0240. The molecule has 42 heavy (non-hydrogen) atoms. The second kappa shape index (κ2) is 11.0. The van der Waals surface area contributed by atoms with Crippen molar-refractivity contribution in [3.8, 4) is 11.4 Å². The number of aromatic nitrogens is 6. The lowest BCUT2D eigenvalue weighted by atomic mass is 10.1. The van der Waals surface area contributed by atoms with Gasteiger partial charge in [0.15, 0.2) is 0 Å². The van der Waals surface area contributed by atoms with Crippen LogP contribution >= 0.6 is 0 Å². The van der Waals surface area contributed by atoms with E-state index in [-0.39, 0.29) is 23.5 Å². The van der Waals surface area contributed by atoms with Gasteiger partial charge in [-0.15, -0.1) is 0 Å². The van der Waals surface area contributed by atoms with Crippen LogP contribution in [0.25, 0.3) is 22.4 Å². The average molecular weight is 574 g/mol. The number of anilines is 3. The number of pyridine rings is 2. The number of hydrogen-bond donors (Lipinski definition) is 1. The smallest absolute Gasteiger partial charge is 0.410 e. The molecule has 1 aliphatic heterocycles. The van der Waals surface area contributed by atoms with Crippen molar-refractivity contribution in [1.29, 1.82) is 0 Å². The summed E-state index contributed by atoms with van der Waals surface area (Å²) in [7, 11) is 0. The number of nitrogens with zero attached hydrogens (tertiary/aromatic N) is 8. The number of carbonyl (C=O) groups excluding carboxylic acids is 1. The highest BCUT2D eigenvalue weighted by molar-refractivity contribution is 5.85. The number of nitrogens with one attached hydrogen (secondary N) is 1. The van der Waals surface area contributed by atoms with Crippen LogP contribution < -0.4 is 15.8 Å². The number of rotatable bonds is 5. The summed E-state index contributed by atoms with van der Waals surface area (Å²) in [5.74, 6) is 1.20. The van der Waals surface area contributed by atoms with E-state index in [1.165, 1.54) is 6.39 Å². The highest BCUT2D eigenvalue weighted by atomic mass is 16.6. The molecule has 2 fully saturated rings. The minimum absolute atomic E-state index is 0.0437. The van der Waals surface area contributed by atoms with Gasteiger partial charge in [0.25, 0.3) is 5.56 Å². The first kappa shape index (κ1) is 27.6. The summed E-state index contributed by atoms with van der Waals surface area (Å²) in [5.41, 5.74) is 1.98. The Kier molecular flexibility index (Phi) is 7.25. The van der Waals surface area contributed by atoms with E-state index in [1.807, 2.05) is 39.8 Å². The van der Waals surface area contributed by atoms with Crippen LogP contribution in [0.5, 0.6) is 0 Å². The molecular weight excluding hydrogens is 538 g/mol. The molecule has 1 N–H and O–H groups in total. The fourth-order valence-corrected chi connectivity index (χ4v) is 5.67. The minimum atomic E-state index is -0.513. The van der Waals surface area contributed by atoms with Crippen molar-refractivity contribution in [1.82, 2.24) is 34.6 Å². The molecule has 1 saturated carbocycles. The molecule has 0 unspecified atom stereocenters. The zero-order chi connectivity index (χ0) is 29.4. The fraction of sp³-hybridized carbons (Fsp3) is 0.483. The summed E-state index contributed by atoms with van der Waals surface area (Å²) >= 11 is 0. The fourth-order valence-electron chi connectivity index (χ4n) is 5.67. The second-order valence-electron chi connectivity index (χ2n) is 11.8. The standard InChI is InChI=1S/C29H35N9O4/c1-18-21-16-31-27(34-25(21)38(19-7-5-6-8-19)26(39)23(18)24-32-17-41-35-24)33-22-10-9-20(15-30-22)36-11-13-37(14-12-36)28(40)42-29(2,3)4/h9-10,15-17,19H,5-8,11-14H2,1-4H3,(H,30,31,33,34). The molecule has 0 spiro atoms. The monoisotopic (exact) mass is 573 g/mol. The molecule has 4 aromatic rings. The van der Waals surface area contributed by atoms with Crippen molar-refractivity contribution in [3.63, 3.8) is 0 Å². The number of ether oxygens (including phenoxy) is 1. The van der Waals surface area contributed by atoms with Crippen LogP contribution in [0.1, 0.15) is 58.1 Å². The van der Waals surface area contributed by atoms with E-state index in [4.69, 9.17) is 14.2 Å². The maximum Gasteiger partial charge on any atom is 0.410 e. The highest BCUT2D eigenvalue weighted by Crippen LogP contribution is 2.33. The second-order valence-corrected chi connectivity index (χ2v) is 11.8. The number of amides is 1. The van der Waals surface area contributed by atoms with Gasteiger partial charge in [0.2, 0.25) is 18.2 Å². The third-order valence-electron chi connectivity index (χ3n) is 7.77. The van der Waals surface area contributed by atoms with Gasteiger partial charge >= 0.3 is 6.09 Å². The third-order valence-corrected chi connectivity index (χ3v) is 7.77. The normalized spacial score (nSPS) is 16.3. The van der Waals surface area contributed by atoms with E-state index in [2.05, 4.69) is 30.3 Å². The molecule has 1 saturated heterocycles. The Morgan fingerprint density at radius 3 is 2.45 bits per heavy atom. The summed E-state index contributed by atoms with van der Waals surface area (Å²) in [6.07, 6.45) is 8.41. The molecule has 13 nitrogen and oxygen atoms in total. The Morgan fingerprint density at radius 1 is 1.05 bits per heavy atom. The SMILES string of the molecule is Cc1c(-c2ncon2)c(=O)n(C2CCCC2)c2nc(Nc3ccc(N4CCN(C(=O)OC(C)(C)C)CC4)cn3)ncc12. The zero-order valence-electron chi connectivity index (χ0n) is 24.3. The van der Waals surface area contributed by atoms with Gasteiger partial charge in [0.05, 0.1) is 17.4 Å². The average Bonchev–Trinajstić information content (AvgIpc) is 3.68. The van der Waals surface area contributed by atoms with Crippen molar-refractivity contribution in [2.24, 2.45) is 0 Å². The predicted molar refractivity (Wildman–Crippen MR) is 157 cm³/mol. The van der Waals surface area contributed by atoms with E-state index >= 15 is 0 Å². The topological polar surface area (TPSA) is 144 Å². The molecule has 0 atom stereocenters. The Labute approximate surface area is 242 Å². The summed E-state index contributed by atoms with van der Waals surface area (Å²) in [6.45, 7) is 10.0. The van der Waals surface area contributed by atoms with Gasteiger partial charge in [-0.25, -0.2) is 14.8 Å². The van der Waals surface area contributed by atoms with Crippen LogP contribution in [0.2, 0.25) is 0 Å². The van der Waals surface area contributed by atoms with Gasteiger partial charge < -0.3 is 24.4 Å². The van der Waals surface area contributed by atoms with Gasteiger partial charge in [0, 0.05) is 43.8 Å². The zero-order valence-corrected chi connectivity index (χ0v) is 24.3. The Hall–Kier alpha value is -4.55. The number of hydrogen-bond acceptors (Lipinski definition) is 11. The maximum absolute atomic E-state index is 13.8. The molecule has 0 radical (unpaired) electrons. The van der Waals surface area contributed by atoms with Crippen LogP contribution in [0, 0.1) is 6.92 Å². The Morgan fingerprint density at radius 2 is 1.81 bits per heavy atom. The van der Waals surface area contributed by atoms with Gasteiger partial charge in [-0.05, 0) is 58.2 Å². The van der Waals surface area contributed by atoms with Gasteiger partial charge in [-0.2, -0.15) is 9.97 Å². The summed E-state index contributed by atoms with van der Waals surface area (Å²) in [4.78, 5) is 48.2. The van der Waals surface area contributed by atoms with Crippen molar-refractivity contribution in [2.75, 3.05) is 36.4 Å². The molecular formula is C29H35N9O4. The first-order valence-corrected chi connectivity index (χ1v) is 14.3. The molecule has 1 aliphatic carbocycles. The molecule has 1 amide bonds. The van der Waals surface area contributed by atoms with Crippen LogP contribution in [-0.2, 0) is 4.74 Å². The largest absolute Gasteiger partial charge is 0.444 e. The first-order chi connectivity index (χ1) is 20.2. The first-order valence-electron chi connectivity index (χ1n) is 14.3. The molecule has 4 aromatic heterocycles. The summed E-state index contributed by atoms with van der Waals surface area (Å²) < 4.78 is 12.2. The number of carbonyl (C=O) groups is 1. The van der Waals surface area contributed by atoms with Crippen molar-refractivity contribution in [2.45, 2.75) is 65.0 Å². The van der Waals surface area contributed by atoms with Crippen LogP contribution in [0.15, 0.2) is 40.2 Å².